The Hall–Kier alpha value is -2.38. The average Bonchev–Trinajstić information content (AvgIpc) is 2.91. The summed E-state index contributed by atoms with van der Waals surface area (Å²) in [4.78, 5) is 30.4. The zero-order valence-electron chi connectivity index (χ0n) is 13.8. The second kappa shape index (κ2) is 7.88. The number of carbonyl (C=O) groups is 2. The molecule has 5 nitrogen and oxygen atoms in total. The number of likely N-dealkylation sites (N-methyl/N-ethyl adjacent to an activating group) is 1. The molecule has 7 heteroatoms. The van der Waals surface area contributed by atoms with Gasteiger partial charge in [0.15, 0.2) is 5.17 Å². The van der Waals surface area contributed by atoms with Crippen molar-refractivity contribution in [1.82, 2.24) is 4.90 Å². The lowest BCUT2D eigenvalue weighted by Gasteiger charge is -2.12. The van der Waals surface area contributed by atoms with Crippen molar-refractivity contribution < 1.29 is 14.7 Å². The van der Waals surface area contributed by atoms with E-state index >= 15 is 0 Å². The van der Waals surface area contributed by atoms with Crippen molar-refractivity contribution in [3.05, 3.63) is 69.0 Å². The molecule has 26 heavy (non-hydrogen) atoms. The number of aliphatic imine (C=N–C) groups is 1. The van der Waals surface area contributed by atoms with Gasteiger partial charge in [-0.2, -0.15) is 0 Å². The highest BCUT2D eigenvalue weighted by Gasteiger charge is 2.32. The number of benzene rings is 2. The fourth-order valence-electron chi connectivity index (χ4n) is 2.42. The Morgan fingerprint density at radius 1 is 1.27 bits per heavy atom. The summed E-state index contributed by atoms with van der Waals surface area (Å²) in [5.41, 5.74) is 1.57. The van der Waals surface area contributed by atoms with Gasteiger partial charge >= 0.3 is 5.97 Å². The van der Waals surface area contributed by atoms with E-state index in [0.29, 0.717) is 22.3 Å². The predicted molar refractivity (Wildman–Crippen MR) is 108 cm³/mol. The monoisotopic (exact) mass is 430 g/mol. The van der Waals surface area contributed by atoms with E-state index in [0.717, 1.165) is 10.0 Å². The van der Waals surface area contributed by atoms with Gasteiger partial charge in [-0.15, -0.1) is 0 Å². The Morgan fingerprint density at radius 3 is 2.73 bits per heavy atom. The molecule has 1 saturated heterocycles. The third-order valence-electron chi connectivity index (χ3n) is 3.71. The molecule has 0 aliphatic carbocycles. The summed E-state index contributed by atoms with van der Waals surface area (Å²) >= 11 is 4.76. The lowest BCUT2D eigenvalue weighted by atomic mass is 10.2. The first-order chi connectivity index (χ1) is 12.5. The molecule has 2 aromatic carbocycles. The number of thioether (sulfide) groups is 1. The Labute approximate surface area is 163 Å². The second-order valence-corrected chi connectivity index (χ2v) is 7.29. The highest BCUT2D eigenvalue weighted by molar-refractivity contribution is 9.10. The van der Waals surface area contributed by atoms with Gasteiger partial charge in [-0.05, 0) is 54.6 Å². The summed E-state index contributed by atoms with van der Waals surface area (Å²) in [6.45, 7) is 2.36. The molecule has 1 N–H and O–H groups in total. The van der Waals surface area contributed by atoms with E-state index in [-0.39, 0.29) is 11.5 Å². The Morgan fingerprint density at radius 2 is 2.04 bits per heavy atom. The lowest BCUT2D eigenvalue weighted by Crippen LogP contribution is -2.28. The number of nitrogens with zero attached hydrogens (tertiary/aromatic N) is 2. The quantitative estimate of drug-likeness (QED) is 0.708. The van der Waals surface area contributed by atoms with Gasteiger partial charge in [0.1, 0.15) is 0 Å². The molecule has 1 fully saturated rings. The first kappa shape index (κ1) is 18.4. The summed E-state index contributed by atoms with van der Waals surface area (Å²) < 4.78 is 0.906. The first-order valence-electron chi connectivity index (χ1n) is 7.87. The minimum Gasteiger partial charge on any atom is -0.478 e. The maximum Gasteiger partial charge on any atom is 0.335 e. The number of amidine groups is 1. The molecular weight excluding hydrogens is 416 g/mol. The summed E-state index contributed by atoms with van der Waals surface area (Å²) in [7, 11) is 0. The van der Waals surface area contributed by atoms with Crippen LogP contribution < -0.4 is 0 Å². The van der Waals surface area contributed by atoms with Crippen molar-refractivity contribution in [3.8, 4) is 0 Å². The first-order valence-corrected chi connectivity index (χ1v) is 9.48. The standard InChI is InChI=1S/C19H15BrN2O3S/c1-2-22-17(23)16(11-12-6-3-4-9-15(12)20)26-19(22)21-14-8-5-7-13(10-14)18(24)25/h3-11H,2H2,1H3,(H,24,25)/b16-11-,21-19?. The topological polar surface area (TPSA) is 70.0 Å². The van der Waals surface area contributed by atoms with E-state index in [1.807, 2.05) is 37.3 Å². The van der Waals surface area contributed by atoms with Crippen LogP contribution in [0.4, 0.5) is 5.69 Å². The molecule has 0 unspecified atom stereocenters. The zero-order valence-corrected chi connectivity index (χ0v) is 16.3. The second-order valence-electron chi connectivity index (χ2n) is 5.43. The number of aromatic carboxylic acids is 1. The van der Waals surface area contributed by atoms with Crippen LogP contribution in [0.15, 0.2) is 62.9 Å². The summed E-state index contributed by atoms with van der Waals surface area (Å²) in [5, 5.41) is 9.65. The SMILES string of the molecule is CCN1C(=O)/C(=C/c2ccccc2Br)SC1=Nc1cccc(C(=O)O)c1. The number of carbonyl (C=O) groups excluding carboxylic acids is 1. The number of hydrogen-bond acceptors (Lipinski definition) is 4. The van der Waals surface area contributed by atoms with E-state index in [4.69, 9.17) is 5.11 Å². The van der Waals surface area contributed by atoms with Crippen molar-refractivity contribution in [3.63, 3.8) is 0 Å². The van der Waals surface area contributed by atoms with Crippen LogP contribution in [-0.2, 0) is 4.79 Å². The van der Waals surface area contributed by atoms with E-state index in [9.17, 15) is 9.59 Å². The van der Waals surface area contributed by atoms with Crippen molar-refractivity contribution in [2.24, 2.45) is 4.99 Å². The lowest BCUT2D eigenvalue weighted by molar-refractivity contribution is -0.122. The molecule has 0 radical (unpaired) electrons. The maximum absolute atomic E-state index is 12.7. The van der Waals surface area contributed by atoms with Gasteiger partial charge in [0.25, 0.3) is 5.91 Å². The molecule has 0 saturated carbocycles. The van der Waals surface area contributed by atoms with Crippen LogP contribution >= 0.6 is 27.7 Å². The number of carboxylic acid groups (broad SMARTS) is 1. The molecule has 0 spiro atoms. The van der Waals surface area contributed by atoms with Crippen molar-refractivity contribution in [1.29, 1.82) is 0 Å². The molecule has 2 aromatic rings. The number of carboxylic acids is 1. The van der Waals surface area contributed by atoms with Crippen molar-refractivity contribution in [2.45, 2.75) is 6.92 Å². The smallest absolute Gasteiger partial charge is 0.335 e. The Bertz CT molecular complexity index is 940. The molecule has 0 bridgehead atoms. The van der Waals surface area contributed by atoms with Gasteiger partial charge in [0, 0.05) is 11.0 Å². The van der Waals surface area contributed by atoms with Gasteiger partial charge in [0.2, 0.25) is 0 Å². The van der Waals surface area contributed by atoms with Crippen LogP contribution in [0.5, 0.6) is 0 Å². The molecule has 0 aromatic heterocycles. The van der Waals surface area contributed by atoms with Crippen LogP contribution in [0.1, 0.15) is 22.8 Å². The zero-order chi connectivity index (χ0) is 18.7. The molecule has 1 amide bonds. The van der Waals surface area contributed by atoms with E-state index in [1.165, 1.54) is 23.9 Å². The van der Waals surface area contributed by atoms with Crippen LogP contribution in [0.25, 0.3) is 6.08 Å². The molecule has 1 heterocycles. The van der Waals surface area contributed by atoms with Crippen LogP contribution in [0.3, 0.4) is 0 Å². The van der Waals surface area contributed by atoms with Crippen molar-refractivity contribution >= 4 is 56.5 Å². The van der Waals surface area contributed by atoms with E-state index in [2.05, 4.69) is 20.9 Å². The van der Waals surface area contributed by atoms with Gasteiger partial charge in [-0.1, -0.05) is 40.2 Å². The Balaban J connectivity index is 1.96. The predicted octanol–water partition coefficient (Wildman–Crippen LogP) is 4.77. The van der Waals surface area contributed by atoms with Crippen LogP contribution in [0, 0.1) is 0 Å². The maximum atomic E-state index is 12.7. The largest absolute Gasteiger partial charge is 0.478 e. The normalized spacial score (nSPS) is 17.3. The number of halogens is 1. The Kier molecular flexibility index (Phi) is 5.58. The molecule has 1 aliphatic heterocycles. The average molecular weight is 431 g/mol. The number of hydrogen-bond donors (Lipinski definition) is 1. The van der Waals surface area contributed by atoms with Crippen LogP contribution in [-0.4, -0.2) is 33.6 Å². The summed E-state index contributed by atoms with van der Waals surface area (Å²) in [6.07, 6.45) is 1.83. The van der Waals surface area contributed by atoms with Crippen LogP contribution in [0.2, 0.25) is 0 Å². The highest BCUT2D eigenvalue weighted by atomic mass is 79.9. The molecule has 1 aliphatic rings. The molecule has 3 rings (SSSR count). The fraction of sp³-hybridized carbons (Fsp3) is 0.105. The van der Waals surface area contributed by atoms with Gasteiger partial charge < -0.3 is 5.11 Å². The van der Waals surface area contributed by atoms with Gasteiger partial charge in [-0.3, -0.25) is 9.69 Å². The summed E-state index contributed by atoms with van der Waals surface area (Å²) in [5.74, 6) is -1.12. The fourth-order valence-corrected chi connectivity index (χ4v) is 3.88. The third kappa shape index (κ3) is 3.89. The molecule has 0 atom stereocenters. The minimum atomic E-state index is -1.01. The van der Waals surface area contributed by atoms with E-state index in [1.54, 1.807) is 17.0 Å². The van der Waals surface area contributed by atoms with Gasteiger partial charge in [0.05, 0.1) is 16.2 Å². The van der Waals surface area contributed by atoms with Gasteiger partial charge in [-0.25, -0.2) is 9.79 Å². The number of rotatable bonds is 4. The van der Waals surface area contributed by atoms with Crippen molar-refractivity contribution in [2.75, 3.05) is 6.54 Å². The molecular formula is C19H15BrN2O3S. The minimum absolute atomic E-state index is 0.110. The third-order valence-corrected chi connectivity index (χ3v) is 5.44. The van der Waals surface area contributed by atoms with E-state index < -0.39 is 5.97 Å². The number of amides is 1. The highest BCUT2D eigenvalue weighted by Crippen LogP contribution is 2.35. The molecule has 132 valence electrons. The summed E-state index contributed by atoms with van der Waals surface area (Å²) in [6, 6.07) is 14.0.